The topological polar surface area (TPSA) is 50.7 Å². The van der Waals surface area contributed by atoms with Crippen LogP contribution in [0.1, 0.15) is 19.2 Å². The van der Waals surface area contributed by atoms with Crippen molar-refractivity contribution in [3.8, 4) is 0 Å². The summed E-state index contributed by atoms with van der Waals surface area (Å²) in [7, 11) is 1.81. The zero-order valence-corrected chi connectivity index (χ0v) is 8.98. The standard InChI is InChI=1S/C8H14N4S/c1-4-5-13-8-11-6(2)10-7(9-3)12-8/h4-5H2,1-3H3,(H,9,10,11,12). The fourth-order valence-corrected chi connectivity index (χ4v) is 1.56. The average Bonchev–Trinajstić information content (AvgIpc) is 2.14. The van der Waals surface area contributed by atoms with Gasteiger partial charge in [-0.2, -0.15) is 9.97 Å². The van der Waals surface area contributed by atoms with E-state index in [-0.39, 0.29) is 0 Å². The quantitative estimate of drug-likeness (QED) is 0.747. The number of aromatic nitrogens is 3. The van der Waals surface area contributed by atoms with Crippen LogP contribution in [0.3, 0.4) is 0 Å². The van der Waals surface area contributed by atoms with Gasteiger partial charge in [0.2, 0.25) is 5.95 Å². The second kappa shape index (κ2) is 5.01. The number of aryl methyl sites for hydroxylation is 1. The van der Waals surface area contributed by atoms with Crippen LogP contribution < -0.4 is 5.32 Å². The predicted molar refractivity (Wildman–Crippen MR) is 55.1 cm³/mol. The molecule has 0 aliphatic carbocycles. The maximum atomic E-state index is 4.22. The summed E-state index contributed by atoms with van der Waals surface area (Å²) in [5.74, 6) is 2.45. The summed E-state index contributed by atoms with van der Waals surface area (Å²) < 4.78 is 0. The predicted octanol–water partition coefficient (Wildman–Crippen LogP) is 1.72. The van der Waals surface area contributed by atoms with Crippen LogP contribution in [-0.2, 0) is 0 Å². The van der Waals surface area contributed by atoms with Crippen LogP contribution in [0.5, 0.6) is 0 Å². The van der Waals surface area contributed by atoms with Gasteiger partial charge in [-0.1, -0.05) is 18.7 Å². The molecule has 0 radical (unpaired) electrons. The van der Waals surface area contributed by atoms with Crippen molar-refractivity contribution in [2.45, 2.75) is 25.4 Å². The second-order valence-corrected chi connectivity index (χ2v) is 3.65. The Morgan fingerprint density at radius 2 is 2.08 bits per heavy atom. The minimum absolute atomic E-state index is 0.645. The van der Waals surface area contributed by atoms with Gasteiger partial charge in [-0.3, -0.25) is 0 Å². The van der Waals surface area contributed by atoms with Crippen molar-refractivity contribution in [1.82, 2.24) is 15.0 Å². The van der Waals surface area contributed by atoms with E-state index in [2.05, 4.69) is 27.2 Å². The Morgan fingerprint density at radius 1 is 1.31 bits per heavy atom. The molecule has 0 spiro atoms. The first kappa shape index (κ1) is 10.2. The minimum Gasteiger partial charge on any atom is -0.357 e. The molecule has 0 unspecified atom stereocenters. The highest BCUT2D eigenvalue weighted by Crippen LogP contribution is 2.14. The van der Waals surface area contributed by atoms with Crippen LogP contribution in [0.4, 0.5) is 5.95 Å². The van der Waals surface area contributed by atoms with Gasteiger partial charge in [-0.25, -0.2) is 4.98 Å². The van der Waals surface area contributed by atoms with E-state index < -0.39 is 0 Å². The van der Waals surface area contributed by atoms with Gasteiger partial charge < -0.3 is 5.32 Å². The van der Waals surface area contributed by atoms with Gasteiger partial charge >= 0.3 is 0 Å². The monoisotopic (exact) mass is 198 g/mol. The van der Waals surface area contributed by atoms with E-state index in [4.69, 9.17) is 0 Å². The first-order valence-electron chi connectivity index (χ1n) is 4.29. The van der Waals surface area contributed by atoms with Gasteiger partial charge in [0.05, 0.1) is 0 Å². The van der Waals surface area contributed by atoms with E-state index >= 15 is 0 Å². The van der Waals surface area contributed by atoms with E-state index in [1.807, 2.05) is 14.0 Å². The van der Waals surface area contributed by atoms with Crippen LogP contribution in [0.15, 0.2) is 5.16 Å². The Hall–Kier alpha value is -0.840. The Kier molecular flexibility index (Phi) is 3.95. The molecular weight excluding hydrogens is 184 g/mol. The Labute approximate surface area is 82.6 Å². The smallest absolute Gasteiger partial charge is 0.226 e. The molecule has 1 aromatic rings. The van der Waals surface area contributed by atoms with Crippen LogP contribution in [-0.4, -0.2) is 27.8 Å². The fraction of sp³-hybridized carbons (Fsp3) is 0.625. The lowest BCUT2D eigenvalue weighted by Crippen LogP contribution is -2.02. The number of thioether (sulfide) groups is 1. The molecule has 72 valence electrons. The van der Waals surface area contributed by atoms with Crippen molar-refractivity contribution in [2.24, 2.45) is 0 Å². The summed E-state index contributed by atoms with van der Waals surface area (Å²) in [6, 6.07) is 0. The third-order valence-corrected chi connectivity index (χ3v) is 2.44. The van der Waals surface area contributed by atoms with Gasteiger partial charge in [0, 0.05) is 12.8 Å². The first-order chi connectivity index (χ1) is 6.26. The molecule has 13 heavy (non-hydrogen) atoms. The number of nitrogens with zero attached hydrogens (tertiary/aromatic N) is 3. The number of nitrogens with one attached hydrogen (secondary N) is 1. The van der Waals surface area contributed by atoms with E-state index in [1.54, 1.807) is 11.8 Å². The molecule has 0 aliphatic heterocycles. The van der Waals surface area contributed by atoms with Crippen molar-refractivity contribution in [3.05, 3.63) is 5.82 Å². The average molecular weight is 198 g/mol. The Morgan fingerprint density at radius 3 is 2.69 bits per heavy atom. The van der Waals surface area contributed by atoms with E-state index in [1.165, 1.54) is 0 Å². The lowest BCUT2D eigenvalue weighted by atomic mass is 10.6. The summed E-state index contributed by atoms with van der Waals surface area (Å²) in [6.45, 7) is 4.01. The number of rotatable bonds is 4. The highest BCUT2D eigenvalue weighted by molar-refractivity contribution is 7.99. The largest absolute Gasteiger partial charge is 0.357 e. The summed E-state index contributed by atoms with van der Waals surface area (Å²) in [6.07, 6.45) is 1.13. The third kappa shape index (κ3) is 3.18. The molecule has 0 saturated heterocycles. The maximum Gasteiger partial charge on any atom is 0.226 e. The Bertz CT molecular complexity index is 277. The summed E-state index contributed by atoms with van der Waals surface area (Å²) in [5, 5.41) is 3.71. The molecule has 1 heterocycles. The SMILES string of the molecule is CCCSc1nc(C)nc(NC)n1. The molecule has 4 nitrogen and oxygen atoms in total. The molecule has 0 saturated carbocycles. The summed E-state index contributed by atoms with van der Waals surface area (Å²) in [4.78, 5) is 12.6. The van der Waals surface area contributed by atoms with Crippen LogP contribution in [0, 0.1) is 6.92 Å². The van der Waals surface area contributed by atoms with Crippen molar-refractivity contribution in [1.29, 1.82) is 0 Å². The number of hydrogen-bond acceptors (Lipinski definition) is 5. The Balaban J connectivity index is 2.76. The molecular formula is C8H14N4S. The van der Waals surface area contributed by atoms with Crippen LogP contribution in [0.25, 0.3) is 0 Å². The van der Waals surface area contributed by atoms with E-state index in [9.17, 15) is 0 Å². The zero-order chi connectivity index (χ0) is 9.68. The van der Waals surface area contributed by atoms with Gasteiger partial charge in [0.15, 0.2) is 5.16 Å². The van der Waals surface area contributed by atoms with Crippen LogP contribution >= 0.6 is 11.8 Å². The van der Waals surface area contributed by atoms with Gasteiger partial charge in [0.1, 0.15) is 5.82 Å². The maximum absolute atomic E-state index is 4.22. The second-order valence-electron chi connectivity index (χ2n) is 2.59. The van der Waals surface area contributed by atoms with Crippen molar-refractivity contribution >= 4 is 17.7 Å². The molecule has 0 fully saturated rings. The van der Waals surface area contributed by atoms with Crippen molar-refractivity contribution in [2.75, 3.05) is 18.1 Å². The molecule has 0 aromatic carbocycles. The number of anilines is 1. The van der Waals surface area contributed by atoms with Gasteiger partial charge in [-0.15, -0.1) is 0 Å². The zero-order valence-electron chi connectivity index (χ0n) is 8.16. The molecule has 0 aliphatic rings. The lowest BCUT2D eigenvalue weighted by molar-refractivity contribution is 0.862. The molecule has 0 atom stereocenters. The summed E-state index contributed by atoms with van der Waals surface area (Å²) in [5.41, 5.74) is 0. The minimum atomic E-state index is 0.645. The molecule has 1 aromatic heterocycles. The number of hydrogen-bond donors (Lipinski definition) is 1. The molecule has 1 rings (SSSR count). The van der Waals surface area contributed by atoms with Crippen molar-refractivity contribution < 1.29 is 0 Å². The first-order valence-corrected chi connectivity index (χ1v) is 5.28. The molecule has 0 amide bonds. The highest BCUT2D eigenvalue weighted by Gasteiger charge is 2.01. The highest BCUT2D eigenvalue weighted by atomic mass is 32.2. The van der Waals surface area contributed by atoms with Gasteiger partial charge in [-0.05, 0) is 13.3 Å². The summed E-state index contributed by atoms with van der Waals surface area (Å²) >= 11 is 1.66. The van der Waals surface area contributed by atoms with E-state index in [0.29, 0.717) is 5.95 Å². The van der Waals surface area contributed by atoms with Crippen LogP contribution in [0.2, 0.25) is 0 Å². The lowest BCUT2D eigenvalue weighted by Gasteiger charge is -2.02. The van der Waals surface area contributed by atoms with Gasteiger partial charge in [0.25, 0.3) is 0 Å². The van der Waals surface area contributed by atoms with E-state index in [0.717, 1.165) is 23.2 Å². The molecule has 5 heteroatoms. The van der Waals surface area contributed by atoms with Crippen molar-refractivity contribution in [3.63, 3.8) is 0 Å². The molecule has 0 bridgehead atoms. The fourth-order valence-electron chi connectivity index (χ4n) is 0.827. The molecule has 1 N–H and O–H groups in total. The third-order valence-electron chi connectivity index (χ3n) is 1.39. The normalized spacial score (nSPS) is 10.1.